The SMILES string of the molecule is C=C1CNCC(=C)C1C=O.Fc1ccccc1F. The second-order valence-electron chi connectivity index (χ2n) is 3.95. The number of halogens is 2. The fourth-order valence-corrected chi connectivity index (χ4v) is 1.52. The summed E-state index contributed by atoms with van der Waals surface area (Å²) in [6, 6.07) is 5.04. The van der Waals surface area contributed by atoms with Gasteiger partial charge in [0.2, 0.25) is 0 Å². The van der Waals surface area contributed by atoms with Crippen LogP contribution >= 0.6 is 0 Å². The van der Waals surface area contributed by atoms with Crippen molar-refractivity contribution < 1.29 is 13.6 Å². The van der Waals surface area contributed by atoms with Gasteiger partial charge in [-0.3, -0.25) is 0 Å². The summed E-state index contributed by atoms with van der Waals surface area (Å²) in [5.41, 5.74) is 1.84. The molecular formula is C14H15F2NO. The number of piperidine rings is 1. The highest BCUT2D eigenvalue weighted by Crippen LogP contribution is 2.17. The quantitative estimate of drug-likeness (QED) is 0.613. The standard InChI is InChI=1S/C8H11NO.C6H4F2/c1-6-3-9-4-7(2)8(6)5-10;7-5-3-1-2-4-6(5)8/h5,8-9H,1-4H2;1-4H. The van der Waals surface area contributed by atoms with Gasteiger partial charge in [0, 0.05) is 13.1 Å². The molecule has 0 radical (unpaired) electrons. The van der Waals surface area contributed by atoms with Gasteiger partial charge in [0.15, 0.2) is 11.6 Å². The number of carbonyl (C=O) groups excluding carboxylic acids is 1. The van der Waals surface area contributed by atoms with E-state index in [0.29, 0.717) is 0 Å². The first-order valence-electron chi connectivity index (χ1n) is 5.47. The highest BCUT2D eigenvalue weighted by atomic mass is 19.2. The molecule has 2 rings (SSSR count). The van der Waals surface area contributed by atoms with E-state index in [1.807, 2.05) is 0 Å². The molecule has 0 saturated carbocycles. The van der Waals surface area contributed by atoms with Crippen molar-refractivity contribution in [1.29, 1.82) is 0 Å². The van der Waals surface area contributed by atoms with Crippen LogP contribution in [0, 0.1) is 17.6 Å². The Balaban J connectivity index is 0.000000184. The first-order chi connectivity index (χ1) is 8.56. The summed E-state index contributed by atoms with van der Waals surface area (Å²) < 4.78 is 23.9. The lowest BCUT2D eigenvalue weighted by molar-refractivity contribution is -0.109. The Morgan fingerprint density at radius 1 is 1.11 bits per heavy atom. The molecule has 1 aliphatic rings. The summed E-state index contributed by atoms with van der Waals surface area (Å²) in [5, 5.41) is 3.09. The molecule has 0 aliphatic carbocycles. The number of aldehydes is 1. The van der Waals surface area contributed by atoms with Crippen molar-refractivity contribution in [3.05, 3.63) is 60.2 Å². The fraction of sp³-hybridized carbons (Fsp3) is 0.214. The van der Waals surface area contributed by atoms with Crippen molar-refractivity contribution in [2.75, 3.05) is 13.1 Å². The van der Waals surface area contributed by atoms with Crippen LogP contribution in [0.5, 0.6) is 0 Å². The normalized spacial score (nSPS) is 15.9. The summed E-state index contributed by atoms with van der Waals surface area (Å²) in [6.45, 7) is 9.00. The van der Waals surface area contributed by atoms with E-state index in [0.717, 1.165) is 42.7 Å². The molecule has 0 amide bonds. The molecule has 0 bridgehead atoms. The minimum atomic E-state index is -0.799. The lowest BCUT2D eigenvalue weighted by atomic mass is 9.91. The number of nitrogens with one attached hydrogen (secondary N) is 1. The first-order valence-corrected chi connectivity index (χ1v) is 5.47. The average molecular weight is 251 g/mol. The molecule has 1 heterocycles. The minimum absolute atomic E-state index is 0.110. The molecule has 2 nitrogen and oxygen atoms in total. The van der Waals surface area contributed by atoms with Crippen LogP contribution in [0.4, 0.5) is 8.78 Å². The van der Waals surface area contributed by atoms with E-state index < -0.39 is 11.6 Å². The molecule has 1 aliphatic heterocycles. The van der Waals surface area contributed by atoms with Crippen molar-refractivity contribution in [2.45, 2.75) is 0 Å². The summed E-state index contributed by atoms with van der Waals surface area (Å²) >= 11 is 0. The Kier molecular flexibility index (Phi) is 5.39. The average Bonchev–Trinajstić information content (AvgIpc) is 2.34. The summed E-state index contributed by atoms with van der Waals surface area (Å²) in [5.74, 6) is -1.71. The Bertz CT molecular complexity index is 420. The van der Waals surface area contributed by atoms with E-state index in [1.165, 1.54) is 12.1 Å². The van der Waals surface area contributed by atoms with Gasteiger partial charge in [0.05, 0.1) is 5.92 Å². The van der Waals surface area contributed by atoms with Gasteiger partial charge in [0.1, 0.15) is 6.29 Å². The fourth-order valence-electron chi connectivity index (χ4n) is 1.52. The van der Waals surface area contributed by atoms with Gasteiger partial charge in [-0.15, -0.1) is 0 Å². The maximum absolute atomic E-state index is 11.9. The van der Waals surface area contributed by atoms with Crippen LogP contribution in [0.15, 0.2) is 48.6 Å². The molecule has 0 atom stereocenters. The van der Waals surface area contributed by atoms with Crippen molar-refractivity contribution in [2.24, 2.45) is 5.92 Å². The topological polar surface area (TPSA) is 29.1 Å². The van der Waals surface area contributed by atoms with Crippen LogP contribution in [0.25, 0.3) is 0 Å². The molecule has 1 aromatic rings. The van der Waals surface area contributed by atoms with Crippen LogP contribution in [-0.4, -0.2) is 19.4 Å². The van der Waals surface area contributed by atoms with Crippen molar-refractivity contribution in [3.63, 3.8) is 0 Å². The second-order valence-corrected chi connectivity index (χ2v) is 3.95. The summed E-state index contributed by atoms with van der Waals surface area (Å²) in [7, 11) is 0. The van der Waals surface area contributed by atoms with E-state index in [4.69, 9.17) is 0 Å². The van der Waals surface area contributed by atoms with Gasteiger partial charge in [0.25, 0.3) is 0 Å². The number of benzene rings is 1. The second kappa shape index (κ2) is 6.81. The van der Waals surface area contributed by atoms with Gasteiger partial charge in [-0.2, -0.15) is 0 Å². The Hall–Kier alpha value is -1.81. The Morgan fingerprint density at radius 3 is 1.83 bits per heavy atom. The monoisotopic (exact) mass is 251 g/mol. The lowest BCUT2D eigenvalue weighted by Gasteiger charge is -2.22. The van der Waals surface area contributed by atoms with Gasteiger partial charge in [-0.25, -0.2) is 8.78 Å². The van der Waals surface area contributed by atoms with Crippen molar-refractivity contribution in [3.8, 4) is 0 Å². The predicted octanol–water partition coefficient (Wildman–Crippen LogP) is 2.48. The van der Waals surface area contributed by atoms with E-state index >= 15 is 0 Å². The van der Waals surface area contributed by atoms with Gasteiger partial charge in [-0.1, -0.05) is 25.3 Å². The summed E-state index contributed by atoms with van der Waals surface area (Å²) in [6.07, 6.45) is 0.908. The minimum Gasteiger partial charge on any atom is -0.309 e. The largest absolute Gasteiger partial charge is 0.309 e. The third kappa shape index (κ3) is 3.89. The molecule has 0 spiro atoms. The maximum atomic E-state index is 11.9. The summed E-state index contributed by atoms with van der Waals surface area (Å²) in [4.78, 5) is 10.4. The maximum Gasteiger partial charge on any atom is 0.158 e. The molecule has 18 heavy (non-hydrogen) atoms. The number of hydrogen-bond donors (Lipinski definition) is 1. The third-order valence-electron chi connectivity index (χ3n) is 2.54. The zero-order chi connectivity index (χ0) is 13.5. The van der Waals surface area contributed by atoms with Gasteiger partial charge < -0.3 is 10.1 Å². The van der Waals surface area contributed by atoms with E-state index in [1.54, 1.807) is 0 Å². The van der Waals surface area contributed by atoms with E-state index in [9.17, 15) is 13.6 Å². The zero-order valence-corrected chi connectivity index (χ0v) is 9.96. The predicted molar refractivity (Wildman–Crippen MR) is 67.1 cm³/mol. The highest BCUT2D eigenvalue weighted by molar-refractivity contribution is 5.64. The van der Waals surface area contributed by atoms with E-state index in [-0.39, 0.29) is 5.92 Å². The van der Waals surface area contributed by atoms with E-state index in [2.05, 4.69) is 18.5 Å². The van der Waals surface area contributed by atoms with Crippen LogP contribution in [0.1, 0.15) is 0 Å². The van der Waals surface area contributed by atoms with Crippen LogP contribution < -0.4 is 5.32 Å². The molecule has 0 aromatic heterocycles. The van der Waals surface area contributed by atoms with Gasteiger partial charge in [-0.05, 0) is 23.3 Å². The molecule has 96 valence electrons. The zero-order valence-electron chi connectivity index (χ0n) is 9.96. The molecule has 4 heteroatoms. The van der Waals surface area contributed by atoms with Gasteiger partial charge >= 0.3 is 0 Å². The molecule has 0 unspecified atom stereocenters. The smallest absolute Gasteiger partial charge is 0.158 e. The lowest BCUT2D eigenvalue weighted by Crippen LogP contribution is -2.32. The number of hydrogen-bond acceptors (Lipinski definition) is 2. The number of rotatable bonds is 1. The van der Waals surface area contributed by atoms with Crippen molar-refractivity contribution >= 4 is 6.29 Å². The highest BCUT2D eigenvalue weighted by Gasteiger charge is 2.18. The number of carbonyl (C=O) groups is 1. The van der Waals surface area contributed by atoms with Crippen LogP contribution in [0.3, 0.4) is 0 Å². The Morgan fingerprint density at radius 2 is 1.56 bits per heavy atom. The molecule has 1 aromatic carbocycles. The molecule has 1 N–H and O–H groups in total. The molecule has 1 fully saturated rings. The molecular weight excluding hydrogens is 236 g/mol. The third-order valence-corrected chi connectivity index (χ3v) is 2.54. The van der Waals surface area contributed by atoms with Crippen LogP contribution in [0.2, 0.25) is 0 Å². The van der Waals surface area contributed by atoms with Crippen molar-refractivity contribution in [1.82, 2.24) is 5.32 Å². The van der Waals surface area contributed by atoms with Crippen LogP contribution in [-0.2, 0) is 4.79 Å². The molecule has 1 saturated heterocycles. The first kappa shape index (κ1) is 14.3. The Labute approximate surface area is 105 Å².